The van der Waals surface area contributed by atoms with Gasteiger partial charge in [0, 0.05) is 10.9 Å². The minimum Gasteiger partial charge on any atom is -0.292 e. The molecule has 3 N–H and O–H groups in total. The maximum Gasteiger partial charge on any atom is 0.326 e. The summed E-state index contributed by atoms with van der Waals surface area (Å²) in [5, 5.41) is 14.2. The smallest absolute Gasteiger partial charge is 0.292 e. The molecule has 0 radical (unpaired) electrons. The number of hydrogen-bond acceptors (Lipinski definition) is 4. The molecule has 2 aromatic rings. The van der Waals surface area contributed by atoms with Crippen molar-refractivity contribution in [3.8, 4) is 0 Å². The molecule has 2 amide bonds. The lowest BCUT2D eigenvalue weighted by Gasteiger charge is -2.03. The predicted molar refractivity (Wildman–Crippen MR) is 62.8 cm³/mol. The number of aromatic nitrogens is 3. The number of thiazole rings is 1. The highest BCUT2D eigenvalue weighted by molar-refractivity contribution is 7.13. The number of nitrogens with zero attached hydrogens (tertiary/aromatic N) is 2. The van der Waals surface area contributed by atoms with Crippen LogP contribution in [0.15, 0.2) is 11.6 Å². The molecule has 6 nitrogen and oxygen atoms in total. The van der Waals surface area contributed by atoms with Crippen LogP contribution in [0.5, 0.6) is 0 Å². The number of rotatable bonds is 2. The molecule has 2 rings (SSSR count). The van der Waals surface area contributed by atoms with Crippen molar-refractivity contribution in [3.05, 3.63) is 22.8 Å². The van der Waals surface area contributed by atoms with Gasteiger partial charge in [-0.1, -0.05) is 0 Å². The van der Waals surface area contributed by atoms with E-state index >= 15 is 0 Å². The average molecular weight is 237 g/mol. The van der Waals surface area contributed by atoms with Crippen LogP contribution in [0.1, 0.15) is 11.3 Å². The number of hydrogen-bond donors (Lipinski definition) is 3. The molecule has 16 heavy (non-hydrogen) atoms. The van der Waals surface area contributed by atoms with E-state index in [1.54, 1.807) is 6.20 Å². The van der Waals surface area contributed by atoms with Gasteiger partial charge in [-0.25, -0.2) is 9.78 Å². The second-order valence-electron chi connectivity index (χ2n) is 3.30. The van der Waals surface area contributed by atoms with E-state index in [2.05, 4.69) is 25.8 Å². The quantitative estimate of drug-likeness (QED) is 0.748. The first kappa shape index (κ1) is 10.6. The van der Waals surface area contributed by atoms with E-state index < -0.39 is 0 Å². The van der Waals surface area contributed by atoms with Gasteiger partial charge in [0.2, 0.25) is 0 Å². The van der Waals surface area contributed by atoms with E-state index in [0.29, 0.717) is 10.9 Å². The molecule has 84 valence electrons. The van der Waals surface area contributed by atoms with Gasteiger partial charge in [-0.3, -0.25) is 15.7 Å². The lowest BCUT2D eigenvalue weighted by molar-refractivity contribution is 0.262. The zero-order chi connectivity index (χ0) is 11.5. The Labute approximate surface area is 96.1 Å². The van der Waals surface area contributed by atoms with Gasteiger partial charge in [0.25, 0.3) is 0 Å². The summed E-state index contributed by atoms with van der Waals surface area (Å²) in [6.45, 7) is 3.73. The number of aryl methyl sites for hydroxylation is 2. The third-order valence-corrected chi connectivity index (χ3v) is 2.78. The SMILES string of the molecule is Cc1csc(NC(=O)Nc2[nH]ncc2C)n1. The summed E-state index contributed by atoms with van der Waals surface area (Å²) in [7, 11) is 0. The Hall–Kier alpha value is -1.89. The molecule has 7 heteroatoms. The van der Waals surface area contributed by atoms with E-state index in [1.165, 1.54) is 11.3 Å². The summed E-state index contributed by atoms with van der Waals surface area (Å²) in [5.74, 6) is 0.589. The van der Waals surface area contributed by atoms with E-state index in [1.807, 2.05) is 19.2 Å². The molecule has 0 bridgehead atoms. The molecule has 0 fully saturated rings. The van der Waals surface area contributed by atoms with Crippen molar-refractivity contribution >= 4 is 28.3 Å². The largest absolute Gasteiger partial charge is 0.326 e. The fraction of sp³-hybridized carbons (Fsp3) is 0.222. The van der Waals surface area contributed by atoms with Crippen LogP contribution >= 0.6 is 11.3 Å². The minimum absolute atomic E-state index is 0.332. The number of carbonyl (C=O) groups is 1. The highest BCUT2D eigenvalue weighted by Gasteiger charge is 2.07. The van der Waals surface area contributed by atoms with Crippen molar-refractivity contribution in [1.29, 1.82) is 0 Å². The Morgan fingerprint density at radius 2 is 2.25 bits per heavy atom. The number of nitrogens with one attached hydrogen (secondary N) is 3. The molecule has 0 aliphatic heterocycles. The second-order valence-corrected chi connectivity index (χ2v) is 4.16. The van der Waals surface area contributed by atoms with Crippen LogP contribution in [0, 0.1) is 13.8 Å². The van der Waals surface area contributed by atoms with Crippen LogP contribution in [-0.2, 0) is 0 Å². The number of aromatic amines is 1. The predicted octanol–water partition coefficient (Wildman–Crippen LogP) is 2.13. The Morgan fingerprint density at radius 3 is 2.81 bits per heavy atom. The first-order valence-corrected chi connectivity index (χ1v) is 5.53. The third kappa shape index (κ3) is 2.37. The number of H-pyrrole nitrogens is 1. The number of carbonyl (C=O) groups excluding carboxylic acids is 1. The maximum absolute atomic E-state index is 11.5. The monoisotopic (exact) mass is 237 g/mol. The van der Waals surface area contributed by atoms with Gasteiger partial charge in [0.1, 0.15) is 5.82 Å². The number of anilines is 2. The molecule has 0 aliphatic carbocycles. The fourth-order valence-electron chi connectivity index (χ4n) is 1.13. The molecule has 0 atom stereocenters. The van der Waals surface area contributed by atoms with Gasteiger partial charge >= 0.3 is 6.03 Å². The summed E-state index contributed by atoms with van der Waals surface area (Å²) in [4.78, 5) is 15.7. The van der Waals surface area contributed by atoms with Crippen molar-refractivity contribution in [2.24, 2.45) is 0 Å². The third-order valence-electron chi connectivity index (χ3n) is 1.91. The summed E-state index contributed by atoms with van der Waals surface area (Å²) < 4.78 is 0. The van der Waals surface area contributed by atoms with E-state index in [4.69, 9.17) is 0 Å². The molecule has 0 saturated heterocycles. The molecular formula is C9H11N5OS. The maximum atomic E-state index is 11.5. The molecule has 0 unspecified atom stereocenters. The molecule has 0 saturated carbocycles. The molecule has 0 aliphatic rings. The summed E-state index contributed by atoms with van der Waals surface area (Å²) in [5.41, 5.74) is 1.77. The average Bonchev–Trinajstić information content (AvgIpc) is 2.77. The zero-order valence-electron chi connectivity index (χ0n) is 8.87. The van der Waals surface area contributed by atoms with Crippen molar-refractivity contribution in [2.45, 2.75) is 13.8 Å². The van der Waals surface area contributed by atoms with Crippen molar-refractivity contribution in [1.82, 2.24) is 15.2 Å². The molecule has 0 aromatic carbocycles. The fourth-order valence-corrected chi connectivity index (χ4v) is 1.81. The van der Waals surface area contributed by atoms with Crippen molar-refractivity contribution in [3.63, 3.8) is 0 Å². The van der Waals surface area contributed by atoms with E-state index in [-0.39, 0.29) is 6.03 Å². The van der Waals surface area contributed by atoms with Crippen LogP contribution in [0.4, 0.5) is 15.7 Å². The first-order valence-electron chi connectivity index (χ1n) is 4.65. The van der Waals surface area contributed by atoms with Crippen LogP contribution in [0.3, 0.4) is 0 Å². The van der Waals surface area contributed by atoms with Gasteiger partial charge in [0.15, 0.2) is 5.13 Å². The van der Waals surface area contributed by atoms with Crippen molar-refractivity contribution < 1.29 is 4.79 Å². The summed E-state index contributed by atoms with van der Waals surface area (Å²) in [6.07, 6.45) is 1.64. The van der Waals surface area contributed by atoms with Crippen LogP contribution in [0.2, 0.25) is 0 Å². The zero-order valence-corrected chi connectivity index (χ0v) is 9.68. The standard InChI is InChI=1S/C9H11N5OS/c1-5-3-10-14-7(5)12-8(15)13-9-11-6(2)4-16-9/h3-4H,1-2H3,(H3,10,11,12,13,14,15). The van der Waals surface area contributed by atoms with E-state index in [9.17, 15) is 4.79 Å². The Balaban J connectivity index is 1.97. The Bertz CT molecular complexity index is 503. The molecule has 0 spiro atoms. The minimum atomic E-state index is -0.332. The van der Waals surface area contributed by atoms with Crippen LogP contribution < -0.4 is 10.6 Å². The topological polar surface area (TPSA) is 82.7 Å². The number of amides is 2. The summed E-state index contributed by atoms with van der Waals surface area (Å²) >= 11 is 1.39. The number of urea groups is 1. The highest BCUT2D eigenvalue weighted by atomic mass is 32.1. The molecule has 2 aromatic heterocycles. The van der Waals surface area contributed by atoms with Crippen LogP contribution in [0.25, 0.3) is 0 Å². The lowest BCUT2D eigenvalue weighted by atomic mass is 10.4. The Kier molecular flexibility index (Phi) is 2.86. The van der Waals surface area contributed by atoms with Gasteiger partial charge in [-0.2, -0.15) is 5.10 Å². The van der Waals surface area contributed by atoms with Gasteiger partial charge in [-0.15, -0.1) is 11.3 Å². The van der Waals surface area contributed by atoms with Gasteiger partial charge in [-0.05, 0) is 13.8 Å². The Morgan fingerprint density at radius 1 is 1.44 bits per heavy atom. The first-order chi connectivity index (χ1) is 7.65. The molecule has 2 heterocycles. The highest BCUT2D eigenvalue weighted by Crippen LogP contribution is 2.15. The second kappa shape index (κ2) is 4.31. The van der Waals surface area contributed by atoms with Crippen molar-refractivity contribution in [2.75, 3.05) is 10.6 Å². The van der Waals surface area contributed by atoms with E-state index in [0.717, 1.165) is 11.3 Å². The molecular weight excluding hydrogens is 226 g/mol. The summed E-state index contributed by atoms with van der Waals surface area (Å²) in [6, 6.07) is -0.332. The normalized spacial score (nSPS) is 10.1. The van der Waals surface area contributed by atoms with Crippen LogP contribution in [-0.4, -0.2) is 21.2 Å². The van der Waals surface area contributed by atoms with Gasteiger partial charge < -0.3 is 0 Å². The lowest BCUT2D eigenvalue weighted by Crippen LogP contribution is -2.20. The van der Waals surface area contributed by atoms with Gasteiger partial charge in [0.05, 0.1) is 11.9 Å².